The van der Waals surface area contributed by atoms with Gasteiger partial charge in [-0.25, -0.2) is 9.59 Å². The van der Waals surface area contributed by atoms with Crippen molar-refractivity contribution in [3.63, 3.8) is 0 Å². The highest BCUT2D eigenvalue weighted by atomic mass is 35.5. The van der Waals surface area contributed by atoms with Crippen LogP contribution in [0.15, 0.2) is 60.7 Å². The number of ether oxygens (including phenoxy) is 2. The second-order valence-electron chi connectivity index (χ2n) is 11.3. The van der Waals surface area contributed by atoms with Crippen LogP contribution in [0.4, 0.5) is 0 Å². The molecule has 2 amide bonds. The van der Waals surface area contributed by atoms with Gasteiger partial charge < -0.3 is 30.3 Å². The van der Waals surface area contributed by atoms with Crippen LogP contribution < -0.4 is 10.6 Å². The Bertz CT molecular complexity index is 1290. The van der Waals surface area contributed by atoms with Crippen LogP contribution in [0.2, 0.25) is 0 Å². The Morgan fingerprint density at radius 2 is 1.02 bits per heavy atom. The lowest BCUT2D eigenvalue weighted by molar-refractivity contribution is -0.236. The van der Waals surface area contributed by atoms with E-state index in [4.69, 9.17) is 32.7 Å². The maximum Gasteiger partial charge on any atom is 0.339 e. The summed E-state index contributed by atoms with van der Waals surface area (Å²) in [6.45, 7) is 3.35. The molecule has 0 spiro atoms. The Morgan fingerprint density at radius 1 is 0.690 bits per heavy atom. The molecule has 0 aromatic heterocycles. The summed E-state index contributed by atoms with van der Waals surface area (Å²) in [5, 5.41) is 26.7. The van der Waals surface area contributed by atoms with Crippen molar-refractivity contribution >= 4 is 47.0 Å². The van der Waals surface area contributed by atoms with E-state index in [1.807, 2.05) is 12.1 Å². The minimum absolute atomic E-state index is 0.280. The second-order valence-corrected chi connectivity index (χ2v) is 12.0. The van der Waals surface area contributed by atoms with Crippen molar-refractivity contribution in [2.75, 3.05) is 11.8 Å². The SMILES string of the molecule is C[C@@]12OC(=O)[C@]1([C@@H](O)c1ccccc1)NC(=O)[C@@H]2CCCl.C[C@@]12OC(=O)[C@]1([C@@H](O)c1ccccc1)NC(=O)[C@@H]2CCCl. The lowest BCUT2D eigenvalue weighted by Gasteiger charge is -2.53. The topological polar surface area (TPSA) is 151 Å². The molecule has 6 rings (SSSR count). The summed E-state index contributed by atoms with van der Waals surface area (Å²) in [6, 6.07) is 17.6. The molecule has 8 atom stereocenters. The fourth-order valence-electron chi connectivity index (χ4n) is 6.83. The normalized spacial score (nSPS) is 35.5. The van der Waals surface area contributed by atoms with Crippen LogP contribution in [0.3, 0.4) is 0 Å². The van der Waals surface area contributed by atoms with E-state index in [0.29, 0.717) is 24.0 Å². The molecule has 10 nitrogen and oxygen atoms in total. The minimum Gasteiger partial charge on any atom is -0.453 e. The standard InChI is InChI=1S/2C15H16ClNO4/c2*1-14-10(7-8-16)12(19)17-15(14,13(20)21-14)11(18)9-5-3-2-4-6-9/h2*2-6,10-11,18H,7-8H2,1H3,(H,17,19)/t2*10-,11-,14-,15-/m00/s1. The molecule has 0 radical (unpaired) electrons. The van der Waals surface area contributed by atoms with E-state index in [9.17, 15) is 29.4 Å². The summed E-state index contributed by atoms with van der Waals surface area (Å²) in [4.78, 5) is 48.6. The Labute approximate surface area is 252 Å². The van der Waals surface area contributed by atoms with Crippen molar-refractivity contribution < 1.29 is 38.9 Å². The molecule has 0 saturated carbocycles. The number of alkyl halides is 2. The van der Waals surface area contributed by atoms with E-state index >= 15 is 0 Å². The number of aliphatic hydroxyl groups excluding tert-OH is 2. The zero-order valence-corrected chi connectivity index (χ0v) is 24.5. The first-order valence-electron chi connectivity index (χ1n) is 13.6. The largest absolute Gasteiger partial charge is 0.453 e. The molecule has 4 aliphatic heterocycles. The number of aliphatic hydroxyl groups is 2. The number of amides is 2. The van der Waals surface area contributed by atoms with Crippen LogP contribution in [0.5, 0.6) is 0 Å². The summed E-state index contributed by atoms with van der Waals surface area (Å²) in [5.41, 5.74) is -3.89. The van der Waals surface area contributed by atoms with Crippen molar-refractivity contribution in [1.82, 2.24) is 10.6 Å². The third kappa shape index (κ3) is 3.99. The maximum absolute atomic E-state index is 12.2. The molecule has 0 bridgehead atoms. The number of fused-ring (bicyclic) bond motifs is 2. The van der Waals surface area contributed by atoms with Crippen LogP contribution in [0.25, 0.3) is 0 Å². The smallest absolute Gasteiger partial charge is 0.339 e. The molecule has 4 N–H and O–H groups in total. The molecule has 2 aromatic carbocycles. The third-order valence-electron chi connectivity index (χ3n) is 9.27. The molecule has 42 heavy (non-hydrogen) atoms. The fraction of sp³-hybridized carbons (Fsp3) is 0.467. The number of rotatable bonds is 8. The van der Waals surface area contributed by atoms with E-state index in [1.165, 1.54) is 0 Å². The number of benzene rings is 2. The third-order valence-corrected chi connectivity index (χ3v) is 9.71. The van der Waals surface area contributed by atoms with Gasteiger partial charge in [-0.2, -0.15) is 0 Å². The second kappa shape index (κ2) is 10.8. The van der Waals surface area contributed by atoms with Crippen molar-refractivity contribution in [2.24, 2.45) is 11.8 Å². The zero-order chi connectivity index (χ0) is 30.5. The van der Waals surface area contributed by atoms with Gasteiger partial charge in [-0.3, -0.25) is 9.59 Å². The molecule has 4 saturated heterocycles. The summed E-state index contributed by atoms with van der Waals surface area (Å²) < 4.78 is 10.6. The number of nitrogens with one attached hydrogen (secondary N) is 2. The van der Waals surface area contributed by atoms with Gasteiger partial charge in [-0.05, 0) is 37.8 Å². The Kier molecular flexibility index (Phi) is 7.81. The van der Waals surface area contributed by atoms with Gasteiger partial charge in [0.05, 0.1) is 11.8 Å². The van der Waals surface area contributed by atoms with Crippen molar-refractivity contribution in [3.8, 4) is 0 Å². The average molecular weight is 619 g/mol. The highest BCUT2D eigenvalue weighted by Gasteiger charge is 2.80. The summed E-state index contributed by atoms with van der Waals surface area (Å²) in [7, 11) is 0. The van der Waals surface area contributed by atoms with E-state index in [-0.39, 0.29) is 23.6 Å². The zero-order valence-electron chi connectivity index (χ0n) is 23.0. The monoisotopic (exact) mass is 618 g/mol. The van der Waals surface area contributed by atoms with Crippen LogP contribution in [-0.2, 0) is 28.7 Å². The Morgan fingerprint density at radius 3 is 1.31 bits per heavy atom. The Balaban J connectivity index is 0.000000168. The summed E-state index contributed by atoms with van der Waals surface area (Å²) in [6.07, 6.45) is -1.54. The van der Waals surface area contributed by atoms with Crippen molar-refractivity contribution in [1.29, 1.82) is 0 Å². The number of esters is 2. The molecule has 224 valence electrons. The lowest BCUT2D eigenvalue weighted by atomic mass is 9.67. The number of hydrogen-bond acceptors (Lipinski definition) is 8. The molecule has 0 unspecified atom stereocenters. The number of hydrogen-bond donors (Lipinski definition) is 4. The van der Waals surface area contributed by atoms with E-state index in [0.717, 1.165) is 0 Å². The van der Waals surface area contributed by atoms with Gasteiger partial charge in [0.1, 0.15) is 12.2 Å². The first-order valence-corrected chi connectivity index (χ1v) is 14.7. The molecule has 4 fully saturated rings. The van der Waals surface area contributed by atoms with Gasteiger partial charge in [0.25, 0.3) is 0 Å². The van der Waals surface area contributed by atoms with E-state index in [2.05, 4.69) is 10.6 Å². The van der Waals surface area contributed by atoms with E-state index in [1.54, 1.807) is 62.4 Å². The maximum atomic E-state index is 12.2. The molecule has 0 aliphatic carbocycles. The number of carbonyl (C=O) groups excluding carboxylic acids is 4. The van der Waals surface area contributed by atoms with Gasteiger partial charge in [0.2, 0.25) is 22.9 Å². The summed E-state index contributed by atoms with van der Waals surface area (Å²) in [5.74, 6) is -2.36. The van der Waals surface area contributed by atoms with Crippen molar-refractivity contribution in [3.05, 3.63) is 71.8 Å². The molecular weight excluding hydrogens is 587 g/mol. The molecular formula is C30H32Cl2N2O8. The van der Waals surface area contributed by atoms with Crippen LogP contribution in [0.1, 0.15) is 50.0 Å². The fourth-order valence-corrected chi connectivity index (χ4v) is 7.27. The molecule has 4 heterocycles. The van der Waals surface area contributed by atoms with E-state index < -0.39 is 58.3 Å². The quantitative estimate of drug-likeness (QED) is 0.260. The molecule has 12 heteroatoms. The summed E-state index contributed by atoms with van der Waals surface area (Å²) >= 11 is 11.5. The average Bonchev–Trinajstić information content (AvgIpc) is 3.27. The molecule has 2 aromatic rings. The molecule has 4 aliphatic rings. The lowest BCUT2D eigenvalue weighted by Crippen LogP contribution is -2.76. The van der Waals surface area contributed by atoms with Gasteiger partial charge in [0, 0.05) is 11.8 Å². The van der Waals surface area contributed by atoms with Gasteiger partial charge in [-0.15, -0.1) is 23.2 Å². The number of halogens is 2. The van der Waals surface area contributed by atoms with Gasteiger partial charge in [0.15, 0.2) is 11.2 Å². The predicted octanol–water partition coefficient (Wildman–Crippen LogP) is 2.30. The van der Waals surface area contributed by atoms with Crippen LogP contribution >= 0.6 is 23.2 Å². The number of carbonyl (C=O) groups is 4. The van der Waals surface area contributed by atoms with Crippen molar-refractivity contribution in [2.45, 2.75) is 61.2 Å². The highest BCUT2D eigenvalue weighted by Crippen LogP contribution is 2.56. The first kappa shape index (κ1) is 30.3. The minimum atomic E-state index is -1.43. The van der Waals surface area contributed by atoms with Crippen LogP contribution in [-0.4, -0.2) is 68.0 Å². The highest BCUT2D eigenvalue weighted by molar-refractivity contribution is 6.18. The first-order chi connectivity index (χ1) is 19.9. The Hall–Kier alpha value is -3.18. The van der Waals surface area contributed by atoms with Gasteiger partial charge in [-0.1, -0.05) is 60.7 Å². The predicted molar refractivity (Wildman–Crippen MR) is 151 cm³/mol. The van der Waals surface area contributed by atoms with Crippen LogP contribution in [0, 0.1) is 11.8 Å². The van der Waals surface area contributed by atoms with Gasteiger partial charge >= 0.3 is 11.9 Å².